The van der Waals surface area contributed by atoms with E-state index >= 15 is 0 Å². The van der Waals surface area contributed by atoms with Crippen LogP contribution < -0.4 is 10.1 Å². The highest BCUT2D eigenvalue weighted by Crippen LogP contribution is 2.19. The molecule has 1 amide bonds. The van der Waals surface area contributed by atoms with E-state index in [4.69, 9.17) is 4.74 Å². The maximum atomic E-state index is 12.1. The zero-order valence-corrected chi connectivity index (χ0v) is 14.1. The van der Waals surface area contributed by atoms with Crippen molar-refractivity contribution in [2.75, 3.05) is 0 Å². The van der Waals surface area contributed by atoms with Crippen LogP contribution in [0.1, 0.15) is 34.5 Å². The molecule has 4 nitrogen and oxygen atoms in total. The summed E-state index contributed by atoms with van der Waals surface area (Å²) in [5, 5.41) is 6.74. The Labute approximate surface area is 145 Å². The first-order valence-corrected chi connectivity index (χ1v) is 8.61. The van der Waals surface area contributed by atoms with Gasteiger partial charge >= 0.3 is 0 Å². The van der Waals surface area contributed by atoms with Crippen LogP contribution in [0.4, 0.5) is 0 Å². The van der Waals surface area contributed by atoms with Crippen molar-refractivity contribution in [2.24, 2.45) is 0 Å². The smallest absolute Gasteiger partial charge is 0.252 e. The summed E-state index contributed by atoms with van der Waals surface area (Å²) in [6.07, 6.45) is 3.53. The van der Waals surface area contributed by atoms with Crippen molar-refractivity contribution in [2.45, 2.75) is 19.6 Å². The summed E-state index contributed by atoms with van der Waals surface area (Å²) in [5.41, 5.74) is 2.76. The molecule has 24 heavy (non-hydrogen) atoms. The number of hydrogen-bond acceptors (Lipinski definition) is 4. The van der Waals surface area contributed by atoms with E-state index in [1.807, 2.05) is 60.1 Å². The van der Waals surface area contributed by atoms with Crippen LogP contribution in [0.5, 0.6) is 5.75 Å². The number of pyridine rings is 1. The van der Waals surface area contributed by atoms with Crippen LogP contribution in [0, 0.1) is 0 Å². The molecule has 0 bridgehead atoms. The lowest BCUT2D eigenvalue weighted by molar-refractivity contribution is 0.0940. The summed E-state index contributed by atoms with van der Waals surface area (Å²) < 4.78 is 5.74. The Hall–Kier alpha value is -2.66. The number of carbonyl (C=O) groups is 1. The zero-order chi connectivity index (χ0) is 16.8. The predicted octanol–water partition coefficient (Wildman–Crippen LogP) is 4.21. The van der Waals surface area contributed by atoms with Crippen molar-refractivity contribution in [1.82, 2.24) is 10.3 Å². The highest BCUT2D eigenvalue weighted by Gasteiger charge is 2.11. The van der Waals surface area contributed by atoms with Crippen molar-refractivity contribution < 1.29 is 9.53 Å². The Bertz CT molecular complexity index is 771. The summed E-state index contributed by atoms with van der Waals surface area (Å²) in [5.74, 6) is 0.736. The van der Waals surface area contributed by atoms with Crippen LogP contribution in [-0.2, 0) is 6.61 Å². The van der Waals surface area contributed by atoms with Gasteiger partial charge in [0, 0.05) is 23.3 Å². The van der Waals surface area contributed by atoms with Gasteiger partial charge in [-0.3, -0.25) is 9.78 Å². The lowest BCUT2D eigenvalue weighted by Gasteiger charge is -2.14. The number of aromatic nitrogens is 1. The number of amides is 1. The number of ether oxygens (including phenoxy) is 1. The van der Waals surface area contributed by atoms with Gasteiger partial charge in [0.2, 0.25) is 0 Å². The average Bonchev–Trinajstić information content (AvgIpc) is 3.16. The lowest BCUT2D eigenvalue weighted by Crippen LogP contribution is -2.26. The van der Waals surface area contributed by atoms with Crippen molar-refractivity contribution in [3.63, 3.8) is 0 Å². The second-order valence-electron chi connectivity index (χ2n) is 5.43. The second kappa shape index (κ2) is 7.75. The van der Waals surface area contributed by atoms with Gasteiger partial charge in [0.05, 0.1) is 11.6 Å². The van der Waals surface area contributed by atoms with Crippen LogP contribution in [0.2, 0.25) is 0 Å². The molecule has 1 unspecified atom stereocenters. The summed E-state index contributed by atoms with van der Waals surface area (Å²) in [7, 11) is 0. The van der Waals surface area contributed by atoms with Gasteiger partial charge in [0.1, 0.15) is 12.4 Å². The van der Waals surface area contributed by atoms with Crippen molar-refractivity contribution in [3.8, 4) is 5.75 Å². The quantitative estimate of drug-likeness (QED) is 0.732. The zero-order valence-electron chi connectivity index (χ0n) is 13.3. The van der Waals surface area contributed by atoms with Crippen molar-refractivity contribution in [3.05, 3.63) is 82.3 Å². The average molecular weight is 338 g/mol. The normalized spacial score (nSPS) is 11.7. The van der Waals surface area contributed by atoms with Crippen LogP contribution >= 0.6 is 11.3 Å². The summed E-state index contributed by atoms with van der Waals surface area (Å²) in [6, 6.07) is 13.4. The first kappa shape index (κ1) is 16.2. The molecule has 0 spiro atoms. The van der Waals surface area contributed by atoms with E-state index in [-0.39, 0.29) is 11.9 Å². The molecule has 0 aliphatic rings. The van der Waals surface area contributed by atoms with Gasteiger partial charge < -0.3 is 10.1 Å². The van der Waals surface area contributed by atoms with E-state index in [2.05, 4.69) is 10.3 Å². The van der Waals surface area contributed by atoms with Gasteiger partial charge in [0.15, 0.2) is 0 Å². The van der Waals surface area contributed by atoms with Crippen LogP contribution in [0.25, 0.3) is 0 Å². The molecule has 1 aromatic carbocycles. The number of carbonyl (C=O) groups excluding carboxylic acids is 1. The molecular formula is C19H18N2O2S. The van der Waals surface area contributed by atoms with Crippen molar-refractivity contribution in [1.29, 1.82) is 0 Å². The highest BCUT2D eigenvalue weighted by molar-refractivity contribution is 7.08. The van der Waals surface area contributed by atoms with Crippen molar-refractivity contribution >= 4 is 17.2 Å². The van der Waals surface area contributed by atoms with E-state index < -0.39 is 0 Å². The Morgan fingerprint density at radius 1 is 1.25 bits per heavy atom. The standard InChI is InChI=1S/C19H18N2O2S/c1-14(21-19(22)17-8-10-24-13-17)16-4-6-18(7-5-16)23-12-15-3-2-9-20-11-15/h2-11,13-14H,12H2,1H3,(H,21,22). The minimum Gasteiger partial charge on any atom is -0.489 e. The van der Waals surface area contributed by atoms with E-state index in [0.717, 1.165) is 16.9 Å². The molecule has 0 radical (unpaired) electrons. The summed E-state index contributed by atoms with van der Waals surface area (Å²) in [4.78, 5) is 16.1. The Morgan fingerprint density at radius 2 is 2.08 bits per heavy atom. The van der Waals surface area contributed by atoms with E-state index in [1.54, 1.807) is 12.4 Å². The fraction of sp³-hybridized carbons (Fsp3) is 0.158. The molecule has 122 valence electrons. The molecule has 1 atom stereocenters. The molecule has 3 aromatic rings. The van der Waals surface area contributed by atoms with E-state index in [0.29, 0.717) is 12.2 Å². The van der Waals surface area contributed by atoms with E-state index in [1.165, 1.54) is 11.3 Å². The summed E-state index contributed by atoms with van der Waals surface area (Å²) >= 11 is 1.51. The number of benzene rings is 1. The number of thiophene rings is 1. The van der Waals surface area contributed by atoms with Gasteiger partial charge in [-0.1, -0.05) is 18.2 Å². The van der Waals surface area contributed by atoms with Gasteiger partial charge in [-0.25, -0.2) is 0 Å². The molecule has 3 rings (SSSR count). The first-order valence-electron chi connectivity index (χ1n) is 7.67. The topological polar surface area (TPSA) is 51.2 Å². The van der Waals surface area contributed by atoms with Gasteiger partial charge in [0.25, 0.3) is 5.91 Å². The molecule has 1 N–H and O–H groups in total. The molecule has 0 aliphatic carbocycles. The molecule has 0 aliphatic heterocycles. The van der Waals surface area contributed by atoms with Gasteiger partial charge in [-0.2, -0.15) is 11.3 Å². The monoisotopic (exact) mass is 338 g/mol. The molecule has 5 heteroatoms. The largest absolute Gasteiger partial charge is 0.489 e. The molecule has 2 heterocycles. The van der Waals surface area contributed by atoms with E-state index in [9.17, 15) is 4.79 Å². The van der Waals surface area contributed by atoms with Crippen LogP contribution in [-0.4, -0.2) is 10.9 Å². The minimum atomic E-state index is -0.0650. The third kappa shape index (κ3) is 4.20. The predicted molar refractivity (Wildman–Crippen MR) is 95.2 cm³/mol. The Morgan fingerprint density at radius 3 is 2.75 bits per heavy atom. The van der Waals surface area contributed by atoms with Crippen LogP contribution in [0.3, 0.4) is 0 Å². The Balaban J connectivity index is 1.56. The Kier molecular flexibility index (Phi) is 5.23. The lowest BCUT2D eigenvalue weighted by atomic mass is 10.1. The fourth-order valence-corrected chi connectivity index (χ4v) is 2.90. The molecule has 0 fully saturated rings. The molecule has 2 aromatic heterocycles. The SMILES string of the molecule is CC(NC(=O)c1ccsc1)c1ccc(OCc2cccnc2)cc1. The van der Waals surface area contributed by atoms with Gasteiger partial charge in [-0.15, -0.1) is 0 Å². The number of rotatable bonds is 6. The molecular weight excluding hydrogens is 320 g/mol. The van der Waals surface area contributed by atoms with Gasteiger partial charge in [-0.05, 0) is 42.1 Å². The maximum Gasteiger partial charge on any atom is 0.252 e. The number of nitrogens with one attached hydrogen (secondary N) is 1. The fourth-order valence-electron chi connectivity index (χ4n) is 2.26. The molecule has 0 saturated heterocycles. The number of hydrogen-bond donors (Lipinski definition) is 1. The summed E-state index contributed by atoms with van der Waals surface area (Å²) in [6.45, 7) is 2.45. The molecule has 0 saturated carbocycles. The minimum absolute atomic E-state index is 0.0549. The highest BCUT2D eigenvalue weighted by atomic mass is 32.1. The van der Waals surface area contributed by atoms with Crippen LogP contribution in [0.15, 0.2) is 65.6 Å². The first-order chi connectivity index (χ1) is 11.7. The third-order valence-electron chi connectivity index (χ3n) is 3.64. The number of nitrogens with zero attached hydrogens (tertiary/aromatic N) is 1. The second-order valence-corrected chi connectivity index (χ2v) is 6.21. The third-order valence-corrected chi connectivity index (χ3v) is 4.32. The maximum absolute atomic E-state index is 12.1.